The van der Waals surface area contributed by atoms with Gasteiger partial charge in [0.15, 0.2) is 0 Å². The summed E-state index contributed by atoms with van der Waals surface area (Å²) in [4.78, 5) is 43.1. The number of fused-ring (bicyclic) bond motifs is 4. The van der Waals surface area contributed by atoms with Gasteiger partial charge in [0, 0.05) is 41.0 Å². The summed E-state index contributed by atoms with van der Waals surface area (Å²) in [6.07, 6.45) is 8.63. The van der Waals surface area contributed by atoms with Gasteiger partial charge >= 0.3 is 5.69 Å². The Bertz CT molecular complexity index is 1480. The molecule has 0 aliphatic heterocycles. The first-order valence-electron chi connectivity index (χ1n) is 11.3. The number of nitrogens with zero attached hydrogens (tertiary/aromatic N) is 2. The van der Waals surface area contributed by atoms with Crippen LogP contribution in [0.4, 0.5) is 0 Å². The van der Waals surface area contributed by atoms with Crippen LogP contribution in [0.2, 0.25) is 0 Å². The van der Waals surface area contributed by atoms with Gasteiger partial charge in [-0.2, -0.15) is 0 Å². The van der Waals surface area contributed by atoms with Gasteiger partial charge in [-0.25, -0.2) is 9.36 Å². The Labute approximate surface area is 187 Å². The standard InChI is InChI=1S/C24H24N4O3S/c29-20(25-15-5-6-15)10-12-27-11-9-14-13-16(7-8-18(14)27)28-23(30)21-17-3-1-2-4-19(17)32-22(21)26-24(28)31/h7-9,11,13,15H,1-6,10,12H2,(H,25,29)(H,26,31). The van der Waals surface area contributed by atoms with Gasteiger partial charge in [-0.3, -0.25) is 14.6 Å². The number of rotatable bonds is 5. The van der Waals surface area contributed by atoms with Crippen LogP contribution in [0.15, 0.2) is 40.1 Å². The lowest BCUT2D eigenvalue weighted by Gasteiger charge is -2.11. The normalized spacial score (nSPS) is 15.9. The molecule has 0 spiro atoms. The number of hydrogen-bond donors (Lipinski definition) is 2. The number of hydrogen-bond acceptors (Lipinski definition) is 4. The molecule has 2 N–H and O–H groups in total. The molecule has 0 bridgehead atoms. The van der Waals surface area contributed by atoms with Crippen molar-refractivity contribution < 1.29 is 4.79 Å². The van der Waals surface area contributed by atoms with Gasteiger partial charge in [0.2, 0.25) is 5.91 Å². The van der Waals surface area contributed by atoms with Crippen LogP contribution in [-0.2, 0) is 24.2 Å². The Kier molecular flexibility index (Phi) is 4.57. The maximum absolute atomic E-state index is 13.4. The molecule has 0 unspecified atom stereocenters. The predicted octanol–water partition coefficient (Wildman–Crippen LogP) is 3.24. The first-order chi connectivity index (χ1) is 15.6. The van der Waals surface area contributed by atoms with E-state index in [9.17, 15) is 14.4 Å². The van der Waals surface area contributed by atoms with Crippen molar-refractivity contribution in [3.8, 4) is 5.69 Å². The van der Waals surface area contributed by atoms with E-state index in [4.69, 9.17) is 0 Å². The van der Waals surface area contributed by atoms with E-state index in [0.29, 0.717) is 34.9 Å². The molecule has 3 heterocycles. The highest BCUT2D eigenvalue weighted by Crippen LogP contribution is 2.33. The van der Waals surface area contributed by atoms with E-state index < -0.39 is 5.69 Å². The molecule has 6 rings (SSSR count). The second-order valence-electron chi connectivity index (χ2n) is 8.83. The molecule has 8 heteroatoms. The van der Waals surface area contributed by atoms with E-state index in [1.807, 2.05) is 35.0 Å². The minimum absolute atomic E-state index is 0.0800. The zero-order valence-corrected chi connectivity index (χ0v) is 18.5. The summed E-state index contributed by atoms with van der Waals surface area (Å²) in [5, 5.41) is 4.62. The second-order valence-corrected chi connectivity index (χ2v) is 9.93. The van der Waals surface area contributed by atoms with Gasteiger partial charge in [-0.15, -0.1) is 11.3 Å². The van der Waals surface area contributed by atoms with Crippen molar-refractivity contribution in [3.63, 3.8) is 0 Å². The van der Waals surface area contributed by atoms with Crippen LogP contribution in [0, 0.1) is 0 Å². The lowest BCUT2D eigenvalue weighted by atomic mass is 9.97. The number of aryl methyl sites for hydroxylation is 3. The lowest BCUT2D eigenvalue weighted by Crippen LogP contribution is -2.33. The Balaban J connectivity index is 1.36. The quantitative estimate of drug-likeness (QED) is 0.491. The van der Waals surface area contributed by atoms with Gasteiger partial charge in [0.05, 0.1) is 11.1 Å². The molecule has 1 aromatic carbocycles. The smallest absolute Gasteiger partial charge is 0.334 e. The second kappa shape index (κ2) is 7.48. The molecule has 0 atom stereocenters. The fourth-order valence-corrected chi connectivity index (χ4v) is 6.01. The number of thiophene rings is 1. The third-order valence-corrected chi connectivity index (χ3v) is 7.75. The molecule has 164 valence electrons. The van der Waals surface area contributed by atoms with Gasteiger partial charge in [-0.05, 0) is 68.4 Å². The highest BCUT2D eigenvalue weighted by molar-refractivity contribution is 7.18. The number of amides is 1. The summed E-state index contributed by atoms with van der Waals surface area (Å²) in [5.74, 6) is 0.0800. The first kappa shape index (κ1) is 19.5. The fourth-order valence-electron chi connectivity index (χ4n) is 4.74. The minimum Gasteiger partial charge on any atom is -0.353 e. The molecule has 32 heavy (non-hydrogen) atoms. The summed E-state index contributed by atoms with van der Waals surface area (Å²) in [5.41, 5.74) is 2.01. The Morgan fingerprint density at radius 3 is 2.84 bits per heavy atom. The Hall–Kier alpha value is -3.13. The molecule has 0 radical (unpaired) electrons. The molecule has 1 saturated carbocycles. The monoisotopic (exact) mass is 448 g/mol. The summed E-state index contributed by atoms with van der Waals surface area (Å²) in [6, 6.07) is 7.93. The van der Waals surface area contributed by atoms with Crippen LogP contribution in [0.1, 0.15) is 42.5 Å². The largest absolute Gasteiger partial charge is 0.353 e. The van der Waals surface area contributed by atoms with Crippen molar-refractivity contribution >= 4 is 38.4 Å². The van der Waals surface area contributed by atoms with Crippen LogP contribution in [0.5, 0.6) is 0 Å². The third kappa shape index (κ3) is 3.30. The SMILES string of the molecule is O=C(CCn1ccc2cc(-n3c(=O)[nH]c4sc5c(c4c3=O)CCCC5)ccc21)NC1CC1. The van der Waals surface area contributed by atoms with Crippen LogP contribution in [-0.4, -0.2) is 26.1 Å². The zero-order valence-electron chi connectivity index (χ0n) is 17.6. The molecule has 0 saturated heterocycles. The molecule has 7 nitrogen and oxygen atoms in total. The summed E-state index contributed by atoms with van der Waals surface area (Å²) >= 11 is 1.55. The maximum atomic E-state index is 13.4. The van der Waals surface area contributed by atoms with Gasteiger partial charge in [0.25, 0.3) is 5.56 Å². The molecule has 2 aliphatic rings. The molecule has 3 aromatic heterocycles. The van der Waals surface area contributed by atoms with Crippen LogP contribution in [0.25, 0.3) is 26.8 Å². The molecular formula is C24H24N4O3S. The van der Waals surface area contributed by atoms with E-state index in [-0.39, 0.29) is 11.5 Å². The van der Waals surface area contributed by atoms with Gasteiger partial charge < -0.3 is 9.88 Å². The highest BCUT2D eigenvalue weighted by atomic mass is 32.1. The molecule has 1 fully saturated rings. The van der Waals surface area contributed by atoms with Crippen molar-refractivity contribution in [1.82, 2.24) is 19.4 Å². The summed E-state index contributed by atoms with van der Waals surface area (Å²) < 4.78 is 3.29. The van der Waals surface area contributed by atoms with Crippen LogP contribution < -0.4 is 16.6 Å². The summed E-state index contributed by atoms with van der Waals surface area (Å²) in [7, 11) is 0. The molecule has 1 amide bonds. The van der Waals surface area contributed by atoms with E-state index in [2.05, 4.69) is 10.3 Å². The Morgan fingerprint density at radius 1 is 1.16 bits per heavy atom. The lowest BCUT2D eigenvalue weighted by molar-refractivity contribution is -0.121. The van der Waals surface area contributed by atoms with Crippen molar-refractivity contribution in [2.45, 2.75) is 57.5 Å². The van der Waals surface area contributed by atoms with Crippen molar-refractivity contribution in [2.24, 2.45) is 0 Å². The predicted molar refractivity (Wildman–Crippen MR) is 126 cm³/mol. The van der Waals surface area contributed by atoms with Gasteiger partial charge in [-0.1, -0.05) is 0 Å². The molecular weight excluding hydrogens is 424 g/mol. The van der Waals surface area contributed by atoms with Crippen LogP contribution >= 0.6 is 11.3 Å². The number of aromatic amines is 1. The fraction of sp³-hybridized carbons (Fsp3) is 0.375. The number of nitrogens with one attached hydrogen (secondary N) is 2. The maximum Gasteiger partial charge on any atom is 0.334 e. The van der Waals surface area contributed by atoms with Gasteiger partial charge in [0.1, 0.15) is 4.83 Å². The first-order valence-corrected chi connectivity index (χ1v) is 12.1. The highest BCUT2D eigenvalue weighted by Gasteiger charge is 2.23. The average Bonchev–Trinajstić information content (AvgIpc) is 3.37. The Morgan fingerprint density at radius 2 is 2.00 bits per heavy atom. The van der Waals surface area contributed by atoms with E-state index in [1.54, 1.807) is 11.3 Å². The topological polar surface area (TPSA) is 88.9 Å². The van der Waals surface area contributed by atoms with Crippen molar-refractivity contribution in [3.05, 3.63) is 61.7 Å². The average molecular weight is 449 g/mol. The molecule has 4 aromatic rings. The third-order valence-electron chi connectivity index (χ3n) is 6.55. The number of carbonyl (C=O) groups is 1. The number of carbonyl (C=O) groups excluding carboxylic acids is 1. The molecule has 2 aliphatic carbocycles. The number of H-pyrrole nitrogens is 1. The number of benzene rings is 1. The number of aromatic nitrogens is 3. The van der Waals surface area contributed by atoms with Crippen LogP contribution in [0.3, 0.4) is 0 Å². The van der Waals surface area contributed by atoms with E-state index in [1.165, 1.54) is 9.44 Å². The zero-order chi connectivity index (χ0) is 21.8. The van der Waals surface area contributed by atoms with E-state index in [0.717, 1.165) is 55.0 Å². The summed E-state index contributed by atoms with van der Waals surface area (Å²) in [6.45, 7) is 0.592. The minimum atomic E-state index is -0.406. The van der Waals surface area contributed by atoms with E-state index >= 15 is 0 Å². The van der Waals surface area contributed by atoms with Crippen molar-refractivity contribution in [2.75, 3.05) is 0 Å². The van der Waals surface area contributed by atoms with Crippen molar-refractivity contribution in [1.29, 1.82) is 0 Å².